The molecule has 4 amide bonds. The van der Waals surface area contributed by atoms with E-state index in [1.54, 1.807) is 0 Å². The first-order chi connectivity index (χ1) is 20.8. The number of carbonyl (C=O) groups is 6. The molecule has 0 radical (unpaired) electrons. The lowest BCUT2D eigenvalue weighted by Gasteiger charge is -2.30. The average molecular weight is 608 g/mol. The number of ether oxygens (including phenoxy) is 5. The Morgan fingerprint density at radius 1 is 1.02 bits per heavy atom. The third-order valence-corrected chi connectivity index (χ3v) is 6.28. The molecule has 1 aromatic carbocycles. The van der Waals surface area contributed by atoms with Crippen LogP contribution in [0.15, 0.2) is 18.2 Å². The van der Waals surface area contributed by atoms with Gasteiger partial charge in [-0.05, 0) is 18.9 Å². The molecule has 0 spiro atoms. The summed E-state index contributed by atoms with van der Waals surface area (Å²) in [5, 5.41) is 4.82. The average Bonchev–Trinajstić information content (AvgIpc) is 2.99. The zero-order valence-corrected chi connectivity index (χ0v) is 24.7. The van der Waals surface area contributed by atoms with Crippen molar-refractivity contribution in [3.05, 3.63) is 29.3 Å². The summed E-state index contributed by atoms with van der Waals surface area (Å²) in [6.07, 6.45) is 2.74. The van der Waals surface area contributed by atoms with Gasteiger partial charge in [0.2, 0.25) is 11.8 Å². The van der Waals surface area contributed by atoms with E-state index in [2.05, 4.69) is 10.6 Å². The van der Waals surface area contributed by atoms with Crippen LogP contribution in [0.3, 0.4) is 0 Å². The highest BCUT2D eigenvalue weighted by molar-refractivity contribution is 6.07. The van der Waals surface area contributed by atoms with E-state index in [-0.39, 0.29) is 61.9 Å². The van der Waals surface area contributed by atoms with Gasteiger partial charge in [-0.1, -0.05) is 25.5 Å². The van der Waals surface area contributed by atoms with Crippen LogP contribution in [0.25, 0.3) is 0 Å². The number of nitrogens with one attached hydrogen (secondary N) is 2. The summed E-state index contributed by atoms with van der Waals surface area (Å²) in [7, 11) is 1.40. The summed E-state index contributed by atoms with van der Waals surface area (Å²) < 4.78 is 26.7. The number of aldehydes is 1. The maximum atomic E-state index is 13.2. The van der Waals surface area contributed by atoms with Crippen LogP contribution >= 0.6 is 0 Å². The molecule has 1 saturated heterocycles. The summed E-state index contributed by atoms with van der Waals surface area (Å²) >= 11 is 0. The van der Waals surface area contributed by atoms with Crippen molar-refractivity contribution in [1.82, 2.24) is 15.5 Å². The zero-order chi connectivity index (χ0) is 31.5. The number of likely N-dealkylation sites (N-methyl/N-ethyl adjacent to an activating group) is 1. The van der Waals surface area contributed by atoms with Crippen LogP contribution in [0, 0.1) is 0 Å². The van der Waals surface area contributed by atoms with Crippen LogP contribution in [-0.4, -0.2) is 113 Å². The van der Waals surface area contributed by atoms with E-state index in [1.165, 1.54) is 25.2 Å². The van der Waals surface area contributed by atoms with Crippen molar-refractivity contribution in [2.45, 2.75) is 45.1 Å². The first kappa shape index (κ1) is 35.3. The minimum Gasteiger partial charge on any atom is -0.483 e. The second kappa shape index (κ2) is 20.1. The monoisotopic (exact) mass is 607 g/mol. The Hall–Kier alpha value is -3.88. The highest BCUT2D eigenvalue weighted by Crippen LogP contribution is 2.25. The normalized spacial score (nSPS) is 14.5. The van der Waals surface area contributed by atoms with Gasteiger partial charge in [-0.15, -0.1) is 0 Å². The quantitative estimate of drug-likeness (QED) is 0.0869. The number of nitrogens with zero attached hydrogens (tertiary/aromatic N) is 1. The van der Waals surface area contributed by atoms with Crippen molar-refractivity contribution in [2.24, 2.45) is 0 Å². The number of piperidine rings is 1. The SMILES string of the molecule is CCCCOC(=O)CCOCCOCCOCCNC(=O)COc1cccc(C=O)c1C(=O)N(C)C1CCC(=O)NC1=O. The van der Waals surface area contributed by atoms with Gasteiger partial charge in [0.1, 0.15) is 11.8 Å². The van der Waals surface area contributed by atoms with E-state index >= 15 is 0 Å². The number of hydrogen-bond donors (Lipinski definition) is 2. The topological polar surface area (TPSA) is 176 Å². The molecule has 2 rings (SSSR count). The highest BCUT2D eigenvalue weighted by Gasteiger charge is 2.34. The maximum Gasteiger partial charge on any atom is 0.308 e. The molecular formula is C29H41N3O11. The fraction of sp³-hybridized carbons (Fsp3) is 0.586. The molecule has 1 heterocycles. The van der Waals surface area contributed by atoms with Crippen molar-refractivity contribution in [2.75, 3.05) is 66.4 Å². The Kier molecular flexibility index (Phi) is 16.5. The van der Waals surface area contributed by atoms with E-state index in [1.807, 2.05) is 6.92 Å². The van der Waals surface area contributed by atoms with Gasteiger partial charge in [-0.25, -0.2) is 0 Å². The molecule has 2 N–H and O–H groups in total. The van der Waals surface area contributed by atoms with Gasteiger partial charge in [0.15, 0.2) is 12.9 Å². The molecule has 0 aromatic heterocycles. The summed E-state index contributed by atoms with van der Waals surface area (Å²) in [5.74, 6) is -2.41. The molecule has 1 aliphatic rings. The Morgan fingerprint density at radius 3 is 2.40 bits per heavy atom. The summed E-state index contributed by atoms with van der Waals surface area (Å²) in [5.41, 5.74) is -0.0529. The van der Waals surface area contributed by atoms with Crippen LogP contribution in [0.2, 0.25) is 0 Å². The van der Waals surface area contributed by atoms with Crippen molar-refractivity contribution in [3.8, 4) is 5.75 Å². The van der Waals surface area contributed by atoms with Crippen molar-refractivity contribution in [3.63, 3.8) is 0 Å². The Labute approximate surface area is 250 Å². The minimum absolute atomic E-state index is 0.00757. The Morgan fingerprint density at radius 2 is 1.72 bits per heavy atom. The smallest absolute Gasteiger partial charge is 0.308 e. The van der Waals surface area contributed by atoms with E-state index in [9.17, 15) is 28.8 Å². The number of imide groups is 1. The lowest BCUT2D eigenvalue weighted by molar-refractivity contribution is -0.145. The molecule has 1 fully saturated rings. The maximum absolute atomic E-state index is 13.2. The van der Waals surface area contributed by atoms with Crippen LogP contribution in [0.4, 0.5) is 0 Å². The predicted molar refractivity (Wildman–Crippen MR) is 152 cm³/mol. The fourth-order valence-corrected chi connectivity index (χ4v) is 3.92. The first-order valence-electron chi connectivity index (χ1n) is 14.3. The Bertz CT molecular complexity index is 1100. The number of carbonyl (C=O) groups excluding carboxylic acids is 6. The standard InChI is InChI=1S/C29H41N3O11/c1-3-4-12-42-26(36)10-13-39-15-17-41-18-16-40-14-11-30-25(35)20-43-23-7-5-6-21(19-33)27(23)29(38)32(2)22-8-9-24(34)31-28(22)37/h5-7,19,22H,3-4,8-18,20H2,1-2H3,(H,30,35)(H,31,34,37). The number of benzene rings is 1. The van der Waals surface area contributed by atoms with E-state index in [0.29, 0.717) is 39.3 Å². The van der Waals surface area contributed by atoms with Gasteiger partial charge in [0, 0.05) is 25.6 Å². The molecule has 0 saturated carbocycles. The van der Waals surface area contributed by atoms with E-state index < -0.39 is 36.3 Å². The lowest BCUT2D eigenvalue weighted by Crippen LogP contribution is -2.53. The number of esters is 1. The lowest BCUT2D eigenvalue weighted by atomic mass is 10.0. The minimum atomic E-state index is -0.892. The van der Waals surface area contributed by atoms with E-state index in [0.717, 1.165) is 17.7 Å². The van der Waals surface area contributed by atoms with Gasteiger partial charge in [0.05, 0.1) is 58.2 Å². The van der Waals surface area contributed by atoms with Crippen LogP contribution in [-0.2, 0) is 38.1 Å². The van der Waals surface area contributed by atoms with Crippen molar-refractivity contribution in [1.29, 1.82) is 0 Å². The zero-order valence-electron chi connectivity index (χ0n) is 24.7. The number of rotatable bonds is 21. The summed E-state index contributed by atoms with van der Waals surface area (Å²) in [6, 6.07) is 3.49. The van der Waals surface area contributed by atoms with Gasteiger partial charge in [0.25, 0.3) is 11.8 Å². The summed E-state index contributed by atoms with van der Waals surface area (Å²) in [4.78, 5) is 73.4. The van der Waals surface area contributed by atoms with Gasteiger partial charge < -0.3 is 33.9 Å². The van der Waals surface area contributed by atoms with E-state index in [4.69, 9.17) is 23.7 Å². The molecule has 14 nitrogen and oxygen atoms in total. The van der Waals surface area contributed by atoms with Gasteiger partial charge >= 0.3 is 5.97 Å². The first-order valence-corrected chi connectivity index (χ1v) is 14.3. The van der Waals surface area contributed by atoms with Crippen molar-refractivity contribution < 1.29 is 52.5 Å². The number of amides is 4. The molecule has 0 bridgehead atoms. The predicted octanol–water partition coefficient (Wildman–Crippen LogP) is 0.655. The molecule has 1 aliphatic heterocycles. The molecule has 1 aromatic rings. The molecule has 0 aliphatic carbocycles. The molecule has 238 valence electrons. The fourth-order valence-electron chi connectivity index (χ4n) is 3.92. The summed E-state index contributed by atoms with van der Waals surface area (Å²) in [6.45, 7) is 4.06. The van der Waals surface area contributed by atoms with Crippen LogP contribution < -0.4 is 15.4 Å². The van der Waals surface area contributed by atoms with Crippen molar-refractivity contribution >= 4 is 35.9 Å². The van der Waals surface area contributed by atoms with Gasteiger partial charge in [-0.3, -0.25) is 34.1 Å². The van der Waals surface area contributed by atoms with Gasteiger partial charge in [-0.2, -0.15) is 0 Å². The molecule has 1 atom stereocenters. The second-order valence-electron chi connectivity index (χ2n) is 9.52. The van der Waals surface area contributed by atoms with Crippen LogP contribution in [0.5, 0.6) is 5.75 Å². The largest absolute Gasteiger partial charge is 0.483 e. The third kappa shape index (κ3) is 12.9. The second-order valence-corrected chi connectivity index (χ2v) is 9.52. The Balaban J connectivity index is 1.63. The molecule has 43 heavy (non-hydrogen) atoms. The highest BCUT2D eigenvalue weighted by atomic mass is 16.5. The molecular weight excluding hydrogens is 566 g/mol. The molecule has 14 heteroatoms. The number of hydrogen-bond acceptors (Lipinski definition) is 11. The number of unbranched alkanes of at least 4 members (excludes halogenated alkanes) is 1. The molecule has 1 unspecified atom stereocenters. The van der Waals surface area contributed by atoms with Crippen LogP contribution in [0.1, 0.15) is 59.7 Å². The third-order valence-electron chi connectivity index (χ3n) is 6.28.